The molecular weight excluding hydrogens is 240 g/mol. The first kappa shape index (κ1) is 11.7. The smallest absolute Gasteiger partial charge is 0.225 e. The molecule has 0 aromatic carbocycles. The summed E-state index contributed by atoms with van der Waals surface area (Å²) in [5.41, 5.74) is 7.54. The van der Waals surface area contributed by atoms with Crippen LogP contribution in [0.4, 0.5) is 17.3 Å². The van der Waals surface area contributed by atoms with Crippen molar-refractivity contribution in [1.82, 2.24) is 15.0 Å². The van der Waals surface area contributed by atoms with Crippen molar-refractivity contribution in [2.45, 2.75) is 0 Å². The van der Waals surface area contributed by atoms with Gasteiger partial charge in [0, 0.05) is 44.8 Å². The first-order valence-electron chi connectivity index (χ1n) is 6.30. The van der Waals surface area contributed by atoms with E-state index in [4.69, 9.17) is 5.73 Å². The minimum atomic E-state index is 0.700. The molecule has 0 bridgehead atoms. The molecule has 6 heteroatoms. The van der Waals surface area contributed by atoms with Gasteiger partial charge in [0.2, 0.25) is 5.95 Å². The van der Waals surface area contributed by atoms with Gasteiger partial charge in [-0.15, -0.1) is 0 Å². The van der Waals surface area contributed by atoms with Crippen LogP contribution >= 0.6 is 0 Å². The van der Waals surface area contributed by atoms with Gasteiger partial charge < -0.3 is 15.5 Å². The maximum atomic E-state index is 5.76. The fourth-order valence-electron chi connectivity index (χ4n) is 2.24. The molecule has 2 N–H and O–H groups in total. The summed E-state index contributed by atoms with van der Waals surface area (Å²) in [6, 6.07) is 3.79. The highest BCUT2D eigenvalue weighted by molar-refractivity contribution is 5.54. The molecule has 0 unspecified atom stereocenters. The minimum Gasteiger partial charge on any atom is -0.397 e. The number of rotatable bonds is 2. The summed E-state index contributed by atoms with van der Waals surface area (Å²) in [7, 11) is 0. The van der Waals surface area contributed by atoms with Gasteiger partial charge in [-0.1, -0.05) is 0 Å². The molecule has 6 nitrogen and oxygen atoms in total. The summed E-state index contributed by atoms with van der Waals surface area (Å²) < 4.78 is 0. The lowest BCUT2D eigenvalue weighted by molar-refractivity contribution is 0.639. The third kappa shape index (κ3) is 2.57. The van der Waals surface area contributed by atoms with Crippen LogP contribution in [0.25, 0.3) is 0 Å². The molecule has 1 aliphatic heterocycles. The van der Waals surface area contributed by atoms with Crippen molar-refractivity contribution in [3.63, 3.8) is 0 Å². The lowest BCUT2D eigenvalue weighted by Gasteiger charge is -2.35. The van der Waals surface area contributed by atoms with Crippen molar-refractivity contribution in [2.75, 3.05) is 41.7 Å². The molecule has 0 radical (unpaired) electrons. The van der Waals surface area contributed by atoms with Crippen molar-refractivity contribution < 1.29 is 0 Å². The average Bonchev–Trinajstić information content (AvgIpc) is 2.48. The van der Waals surface area contributed by atoms with E-state index in [9.17, 15) is 0 Å². The Balaban J connectivity index is 1.67. The highest BCUT2D eigenvalue weighted by Crippen LogP contribution is 2.18. The molecule has 2 aromatic heterocycles. The number of pyridine rings is 1. The Labute approximate surface area is 111 Å². The average molecular weight is 256 g/mol. The predicted molar refractivity (Wildman–Crippen MR) is 75.1 cm³/mol. The number of anilines is 3. The lowest BCUT2D eigenvalue weighted by Crippen LogP contribution is -2.47. The molecular formula is C13H16N6. The number of hydrogen-bond donors (Lipinski definition) is 1. The maximum Gasteiger partial charge on any atom is 0.225 e. The summed E-state index contributed by atoms with van der Waals surface area (Å²) in [5, 5.41) is 0. The topological polar surface area (TPSA) is 71.2 Å². The summed E-state index contributed by atoms with van der Waals surface area (Å²) in [4.78, 5) is 17.2. The SMILES string of the molecule is Nc1cncc(N2CCN(c3ncccn3)CC2)c1. The van der Waals surface area contributed by atoms with E-state index in [1.807, 2.05) is 18.3 Å². The molecule has 0 spiro atoms. The number of aromatic nitrogens is 3. The molecule has 0 saturated carbocycles. The highest BCUT2D eigenvalue weighted by atomic mass is 15.3. The first-order chi connectivity index (χ1) is 9.33. The number of nitrogen functional groups attached to an aromatic ring is 1. The Morgan fingerprint density at radius 3 is 2.32 bits per heavy atom. The maximum absolute atomic E-state index is 5.76. The van der Waals surface area contributed by atoms with E-state index in [1.165, 1.54) is 0 Å². The third-order valence-electron chi connectivity index (χ3n) is 3.22. The van der Waals surface area contributed by atoms with Gasteiger partial charge in [-0.05, 0) is 12.1 Å². The molecule has 2 aromatic rings. The Kier molecular flexibility index (Phi) is 3.14. The lowest BCUT2D eigenvalue weighted by atomic mass is 10.2. The van der Waals surface area contributed by atoms with Gasteiger partial charge in [0.1, 0.15) is 0 Å². The molecule has 1 saturated heterocycles. The first-order valence-corrected chi connectivity index (χ1v) is 6.30. The second-order valence-corrected chi connectivity index (χ2v) is 4.50. The Bertz CT molecular complexity index is 536. The largest absolute Gasteiger partial charge is 0.397 e. The van der Waals surface area contributed by atoms with Crippen molar-refractivity contribution in [1.29, 1.82) is 0 Å². The van der Waals surface area contributed by atoms with Crippen molar-refractivity contribution in [2.24, 2.45) is 0 Å². The van der Waals surface area contributed by atoms with E-state index in [2.05, 4.69) is 24.8 Å². The molecule has 19 heavy (non-hydrogen) atoms. The monoisotopic (exact) mass is 256 g/mol. The molecule has 1 aliphatic rings. The molecule has 3 heterocycles. The second kappa shape index (κ2) is 5.09. The molecule has 1 fully saturated rings. The summed E-state index contributed by atoms with van der Waals surface area (Å²) in [6.07, 6.45) is 7.07. The van der Waals surface area contributed by atoms with Crippen molar-refractivity contribution >= 4 is 17.3 Å². The van der Waals surface area contributed by atoms with Gasteiger partial charge in [0.05, 0.1) is 17.6 Å². The van der Waals surface area contributed by atoms with Gasteiger partial charge in [0.15, 0.2) is 0 Å². The Hall–Kier alpha value is -2.37. The fraction of sp³-hybridized carbons (Fsp3) is 0.308. The van der Waals surface area contributed by atoms with Crippen LogP contribution in [0.3, 0.4) is 0 Å². The van der Waals surface area contributed by atoms with E-state index >= 15 is 0 Å². The standard InChI is InChI=1S/C13H16N6/c14-11-8-12(10-15-9-11)18-4-6-19(7-5-18)13-16-2-1-3-17-13/h1-3,8-10H,4-7,14H2. The molecule has 0 atom stereocenters. The summed E-state index contributed by atoms with van der Waals surface area (Å²) in [6.45, 7) is 3.64. The number of nitrogens with zero attached hydrogens (tertiary/aromatic N) is 5. The van der Waals surface area contributed by atoms with Crippen LogP contribution in [0.5, 0.6) is 0 Å². The van der Waals surface area contributed by atoms with Crippen LogP contribution < -0.4 is 15.5 Å². The van der Waals surface area contributed by atoms with E-state index in [0.29, 0.717) is 5.69 Å². The molecule has 98 valence electrons. The fourth-order valence-corrected chi connectivity index (χ4v) is 2.24. The molecule has 0 amide bonds. The van der Waals surface area contributed by atoms with E-state index < -0.39 is 0 Å². The van der Waals surface area contributed by atoms with E-state index in [-0.39, 0.29) is 0 Å². The van der Waals surface area contributed by atoms with Crippen LogP contribution in [0.2, 0.25) is 0 Å². The minimum absolute atomic E-state index is 0.700. The highest BCUT2D eigenvalue weighted by Gasteiger charge is 2.19. The van der Waals surface area contributed by atoms with Crippen LogP contribution in [-0.4, -0.2) is 41.1 Å². The zero-order valence-corrected chi connectivity index (χ0v) is 10.6. The van der Waals surface area contributed by atoms with Gasteiger partial charge in [-0.3, -0.25) is 4.98 Å². The number of hydrogen-bond acceptors (Lipinski definition) is 6. The van der Waals surface area contributed by atoms with E-state index in [1.54, 1.807) is 18.6 Å². The van der Waals surface area contributed by atoms with Gasteiger partial charge >= 0.3 is 0 Å². The Morgan fingerprint density at radius 1 is 0.947 bits per heavy atom. The van der Waals surface area contributed by atoms with Gasteiger partial charge in [-0.2, -0.15) is 0 Å². The van der Waals surface area contributed by atoms with Crippen molar-refractivity contribution in [3.05, 3.63) is 36.9 Å². The van der Waals surface area contributed by atoms with Crippen LogP contribution in [-0.2, 0) is 0 Å². The quantitative estimate of drug-likeness (QED) is 0.856. The van der Waals surface area contributed by atoms with E-state index in [0.717, 1.165) is 37.8 Å². The van der Waals surface area contributed by atoms with Crippen LogP contribution in [0, 0.1) is 0 Å². The summed E-state index contributed by atoms with van der Waals surface area (Å²) >= 11 is 0. The van der Waals surface area contributed by atoms with Crippen molar-refractivity contribution in [3.8, 4) is 0 Å². The predicted octanol–water partition coefficient (Wildman–Crippen LogP) is 0.780. The van der Waals surface area contributed by atoms with Gasteiger partial charge in [0.25, 0.3) is 0 Å². The Morgan fingerprint density at radius 2 is 1.63 bits per heavy atom. The van der Waals surface area contributed by atoms with Gasteiger partial charge in [-0.25, -0.2) is 9.97 Å². The molecule has 3 rings (SSSR count). The number of piperazine rings is 1. The summed E-state index contributed by atoms with van der Waals surface area (Å²) in [5.74, 6) is 0.799. The molecule has 0 aliphatic carbocycles. The zero-order valence-electron chi connectivity index (χ0n) is 10.6. The second-order valence-electron chi connectivity index (χ2n) is 4.50. The van der Waals surface area contributed by atoms with Crippen LogP contribution in [0.1, 0.15) is 0 Å². The normalized spacial score (nSPS) is 15.6. The third-order valence-corrected chi connectivity index (χ3v) is 3.22. The number of nitrogens with two attached hydrogens (primary N) is 1. The van der Waals surface area contributed by atoms with Crippen LogP contribution in [0.15, 0.2) is 36.9 Å². The zero-order chi connectivity index (χ0) is 13.1.